The number of carbonyl (C=O) groups excluding carboxylic acids is 1. The van der Waals surface area contributed by atoms with Gasteiger partial charge >= 0.3 is 0 Å². The normalized spacial score (nSPS) is 12.6. The predicted octanol–water partition coefficient (Wildman–Crippen LogP) is 4.43. The number of benzene rings is 3. The van der Waals surface area contributed by atoms with E-state index in [0.29, 0.717) is 25.0 Å². The lowest BCUT2D eigenvalue weighted by Crippen LogP contribution is -2.18. The third kappa shape index (κ3) is 8.39. The van der Waals surface area contributed by atoms with Gasteiger partial charge in [-0.05, 0) is 79.6 Å². The van der Waals surface area contributed by atoms with Gasteiger partial charge in [-0.3, -0.25) is 10.1 Å². The van der Waals surface area contributed by atoms with E-state index in [1.54, 1.807) is 31.3 Å². The van der Waals surface area contributed by atoms with Crippen LogP contribution in [0.3, 0.4) is 0 Å². The van der Waals surface area contributed by atoms with E-state index in [4.69, 9.17) is 9.47 Å². The van der Waals surface area contributed by atoms with E-state index in [9.17, 15) is 25.2 Å². The van der Waals surface area contributed by atoms with E-state index in [1.165, 1.54) is 13.2 Å². The Bertz CT molecular complexity index is 1180. The molecule has 0 saturated carbocycles. The molecule has 8 nitrogen and oxygen atoms in total. The van der Waals surface area contributed by atoms with Gasteiger partial charge in [0, 0.05) is 12.8 Å². The van der Waals surface area contributed by atoms with Gasteiger partial charge in [-0.25, -0.2) is 0 Å². The highest BCUT2D eigenvalue weighted by atomic mass is 16.5. The summed E-state index contributed by atoms with van der Waals surface area (Å²) < 4.78 is 10.6. The fourth-order valence-corrected chi connectivity index (χ4v) is 4.45. The third-order valence-electron chi connectivity index (χ3n) is 6.50. The first-order chi connectivity index (χ1) is 18.3. The maximum absolute atomic E-state index is 12.7. The molecule has 0 aliphatic heterocycles. The van der Waals surface area contributed by atoms with E-state index >= 15 is 0 Å². The van der Waals surface area contributed by atoms with Crippen molar-refractivity contribution in [2.75, 3.05) is 20.9 Å². The van der Waals surface area contributed by atoms with E-state index < -0.39 is 6.10 Å². The van der Waals surface area contributed by atoms with Crippen molar-refractivity contribution in [1.82, 2.24) is 5.32 Å². The van der Waals surface area contributed by atoms with Crippen molar-refractivity contribution in [2.24, 2.45) is 0 Å². The molecule has 204 valence electrons. The number of phenols is 3. The molecule has 0 amide bonds. The molecule has 0 heterocycles. The second kappa shape index (κ2) is 14.3. The lowest BCUT2D eigenvalue weighted by Gasteiger charge is -2.22. The van der Waals surface area contributed by atoms with Crippen molar-refractivity contribution in [3.05, 3.63) is 77.4 Å². The summed E-state index contributed by atoms with van der Waals surface area (Å²) in [6.07, 6.45) is 1.56. The van der Waals surface area contributed by atoms with Gasteiger partial charge in [0.05, 0.1) is 13.2 Å². The van der Waals surface area contributed by atoms with Crippen LogP contribution in [0.2, 0.25) is 0 Å². The maximum atomic E-state index is 12.7. The van der Waals surface area contributed by atoms with Gasteiger partial charge in [0.15, 0.2) is 23.0 Å². The minimum Gasteiger partial charge on any atom is -0.504 e. The van der Waals surface area contributed by atoms with Gasteiger partial charge < -0.3 is 29.9 Å². The topological polar surface area (TPSA) is 128 Å². The molecule has 0 aliphatic carbocycles. The summed E-state index contributed by atoms with van der Waals surface area (Å²) in [6.45, 7) is 0.248. The number of phenolic OH excluding ortho intramolecular Hbond substituents is 3. The van der Waals surface area contributed by atoms with Crippen LogP contribution in [0.4, 0.5) is 0 Å². The molecule has 2 atom stereocenters. The number of methoxy groups -OCH3 is 1. The molecule has 38 heavy (non-hydrogen) atoms. The molecule has 0 saturated heterocycles. The van der Waals surface area contributed by atoms with Gasteiger partial charge in [-0.1, -0.05) is 36.4 Å². The number of aliphatic hydroxyl groups is 1. The Balaban J connectivity index is 1.64. The highest BCUT2D eigenvalue weighted by Crippen LogP contribution is 2.40. The van der Waals surface area contributed by atoms with Crippen molar-refractivity contribution in [2.45, 2.75) is 50.5 Å². The van der Waals surface area contributed by atoms with Gasteiger partial charge in [0.2, 0.25) is 5.75 Å². The predicted molar refractivity (Wildman–Crippen MR) is 145 cm³/mol. The molecule has 0 bridgehead atoms. The Morgan fingerprint density at radius 2 is 1.68 bits per heavy atom. The molecule has 3 rings (SSSR count). The minimum atomic E-state index is -0.875. The van der Waals surface area contributed by atoms with Crippen LogP contribution in [0.15, 0.2) is 60.7 Å². The smallest absolute Gasteiger partial charge is 0.200 e. The number of hydrogen-bond donors (Lipinski definition) is 5. The number of Topliss-reactive ketones (excluding diaryl/α,β-unsaturated/α-hetero) is 1. The Kier molecular flexibility index (Phi) is 10.8. The molecular formula is C30H37NO7. The summed E-state index contributed by atoms with van der Waals surface area (Å²) in [5.74, 6) is -0.340. The van der Waals surface area contributed by atoms with Gasteiger partial charge in [-0.2, -0.15) is 0 Å². The van der Waals surface area contributed by atoms with Crippen molar-refractivity contribution in [3.8, 4) is 28.7 Å². The zero-order chi connectivity index (χ0) is 27.5. The SMILES string of the molecule is CNCOc1cc(CCC(=O)C[C@H](O)C[C@H](CCc2ccccc2)c2cc(O)c(O)c(OC)c2)ccc1O. The lowest BCUT2D eigenvalue weighted by molar-refractivity contribution is -0.121. The molecule has 8 heteroatoms. The van der Waals surface area contributed by atoms with Gasteiger partial charge in [-0.15, -0.1) is 0 Å². The van der Waals surface area contributed by atoms with E-state index in [2.05, 4.69) is 5.32 Å². The number of aromatic hydroxyl groups is 3. The molecule has 0 aliphatic rings. The zero-order valence-corrected chi connectivity index (χ0v) is 21.9. The van der Waals surface area contributed by atoms with Crippen LogP contribution < -0.4 is 14.8 Å². The quantitative estimate of drug-likeness (QED) is 0.146. The summed E-state index contributed by atoms with van der Waals surface area (Å²) in [6, 6.07) is 18.1. The number of rotatable bonds is 15. The molecule has 0 unspecified atom stereocenters. The maximum Gasteiger partial charge on any atom is 0.200 e. The number of ketones is 1. The Labute approximate surface area is 223 Å². The first kappa shape index (κ1) is 28.8. The lowest BCUT2D eigenvalue weighted by atomic mass is 9.86. The Hall–Kier alpha value is -3.75. The molecule has 0 fully saturated rings. The highest BCUT2D eigenvalue weighted by Gasteiger charge is 2.22. The summed E-state index contributed by atoms with van der Waals surface area (Å²) >= 11 is 0. The molecule has 0 spiro atoms. The Morgan fingerprint density at radius 3 is 2.39 bits per heavy atom. The standard InChI is InChI=1S/C30H37NO7/c1-31-19-38-28-14-21(10-13-26(28)34)9-12-24(32)18-25(33)15-22(11-8-20-6-4-3-5-7-20)23-16-27(35)30(36)29(17-23)37-2/h3-7,10,13-14,16-17,22,25,31,33-36H,8-9,11-12,15,18-19H2,1-2H3/t22-,25+/m0/s1. The second-order valence-electron chi connectivity index (χ2n) is 9.39. The van der Waals surface area contributed by atoms with Crippen LogP contribution in [-0.2, 0) is 17.6 Å². The van der Waals surface area contributed by atoms with Crippen molar-refractivity contribution >= 4 is 5.78 Å². The highest BCUT2D eigenvalue weighted by molar-refractivity contribution is 5.79. The average molecular weight is 524 g/mol. The third-order valence-corrected chi connectivity index (χ3v) is 6.50. The average Bonchev–Trinajstić information content (AvgIpc) is 2.91. The van der Waals surface area contributed by atoms with Crippen LogP contribution in [0.1, 0.15) is 48.3 Å². The number of ether oxygens (including phenoxy) is 2. The largest absolute Gasteiger partial charge is 0.504 e. The number of aliphatic hydroxyl groups excluding tert-OH is 1. The number of nitrogens with one attached hydrogen (secondary N) is 1. The molecule has 5 N–H and O–H groups in total. The fourth-order valence-electron chi connectivity index (χ4n) is 4.45. The number of carbonyl (C=O) groups is 1. The summed E-state index contributed by atoms with van der Waals surface area (Å²) in [5.41, 5.74) is 2.71. The minimum absolute atomic E-state index is 0.00420. The summed E-state index contributed by atoms with van der Waals surface area (Å²) in [7, 11) is 3.15. The monoisotopic (exact) mass is 523 g/mol. The van der Waals surface area contributed by atoms with Crippen molar-refractivity contribution in [3.63, 3.8) is 0 Å². The van der Waals surface area contributed by atoms with E-state index in [0.717, 1.165) is 23.1 Å². The van der Waals surface area contributed by atoms with Crippen LogP contribution in [-0.4, -0.2) is 53.2 Å². The number of aryl methyl sites for hydroxylation is 2. The number of hydrogen-bond acceptors (Lipinski definition) is 8. The summed E-state index contributed by atoms with van der Waals surface area (Å²) in [4.78, 5) is 12.7. The first-order valence-electron chi connectivity index (χ1n) is 12.7. The fraction of sp³-hybridized carbons (Fsp3) is 0.367. The van der Waals surface area contributed by atoms with Crippen LogP contribution >= 0.6 is 0 Å². The zero-order valence-electron chi connectivity index (χ0n) is 21.9. The molecule has 0 radical (unpaired) electrons. The first-order valence-corrected chi connectivity index (χ1v) is 12.7. The summed E-state index contributed by atoms with van der Waals surface area (Å²) in [5, 5.41) is 43.9. The Morgan fingerprint density at radius 1 is 0.921 bits per heavy atom. The molecule has 3 aromatic carbocycles. The second-order valence-corrected chi connectivity index (χ2v) is 9.39. The van der Waals surface area contributed by atoms with Crippen molar-refractivity contribution in [1.29, 1.82) is 0 Å². The van der Waals surface area contributed by atoms with Crippen molar-refractivity contribution < 1.29 is 34.7 Å². The van der Waals surface area contributed by atoms with Gasteiger partial charge in [0.1, 0.15) is 12.5 Å². The van der Waals surface area contributed by atoms with E-state index in [-0.39, 0.29) is 54.3 Å². The van der Waals surface area contributed by atoms with Crippen LogP contribution in [0.25, 0.3) is 0 Å². The molecular weight excluding hydrogens is 486 g/mol. The van der Waals surface area contributed by atoms with Gasteiger partial charge in [0.25, 0.3) is 0 Å². The molecule has 3 aromatic rings. The molecule has 0 aromatic heterocycles. The van der Waals surface area contributed by atoms with Crippen LogP contribution in [0.5, 0.6) is 28.7 Å². The van der Waals surface area contributed by atoms with Crippen LogP contribution in [0, 0.1) is 0 Å². The van der Waals surface area contributed by atoms with E-state index in [1.807, 2.05) is 30.3 Å².